The van der Waals surface area contributed by atoms with Gasteiger partial charge in [0, 0.05) is 23.3 Å². The summed E-state index contributed by atoms with van der Waals surface area (Å²) in [5.74, 6) is -0.155. The SMILES string of the molecule is CC(C)(C)NC(=O)c1ccc(NC(=O)C2(CN)CC2)cc1. The van der Waals surface area contributed by atoms with Crippen molar-refractivity contribution in [3.05, 3.63) is 29.8 Å². The van der Waals surface area contributed by atoms with Gasteiger partial charge in [0.1, 0.15) is 0 Å². The molecule has 0 bridgehead atoms. The lowest BCUT2D eigenvalue weighted by Gasteiger charge is -2.20. The number of nitrogens with one attached hydrogen (secondary N) is 2. The van der Waals surface area contributed by atoms with Crippen LogP contribution in [0, 0.1) is 5.41 Å². The highest BCUT2D eigenvalue weighted by atomic mass is 16.2. The van der Waals surface area contributed by atoms with Crippen LogP contribution in [-0.4, -0.2) is 23.9 Å². The maximum atomic E-state index is 12.1. The molecular weight excluding hydrogens is 266 g/mol. The Bertz CT molecular complexity index is 540. The molecule has 0 aliphatic heterocycles. The molecular formula is C16H23N3O2. The fraction of sp³-hybridized carbons (Fsp3) is 0.500. The molecule has 0 heterocycles. The van der Waals surface area contributed by atoms with Crippen LogP contribution >= 0.6 is 0 Å². The van der Waals surface area contributed by atoms with Gasteiger partial charge < -0.3 is 16.4 Å². The Balaban J connectivity index is 1.99. The zero-order chi connectivity index (χ0) is 15.7. The Morgan fingerprint density at radius 3 is 2.19 bits per heavy atom. The van der Waals surface area contributed by atoms with Crippen LogP contribution < -0.4 is 16.4 Å². The van der Waals surface area contributed by atoms with Crippen LogP contribution in [0.25, 0.3) is 0 Å². The number of benzene rings is 1. The average molecular weight is 289 g/mol. The van der Waals surface area contributed by atoms with E-state index in [9.17, 15) is 9.59 Å². The highest BCUT2D eigenvalue weighted by Crippen LogP contribution is 2.45. The lowest BCUT2D eigenvalue weighted by atomic mass is 10.1. The number of carbonyl (C=O) groups excluding carboxylic acids is 2. The first kappa shape index (κ1) is 15.5. The molecule has 1 aliphatic carbocycles. The fourth-order valence-corrected chi connectivity index (χ4v) is 2.06. The van der Waals surface area contributed by atoms with Gasteiger partial charge in [-0.1, -0.05) is 0 Å². The summed E-state index contributed by atoms with van der Waals surface area (Å²) < 4.78 is 0. The van der Waals surface area contributed by atoms with Gasteiger partial charge in [0.2, 0.25) is 5.91 Å². The molecule has 0 radical (unpaired) electrons. The lowest BCUT2D eigenvalue weighted by Crippen LogP contribution is -2.40. The zero-order valence-electron chi connectivity index (χ0n) is 12.8. The molecule has 1 aliphatic rings. The summed E-state index contributed by atoms with van der Waals surface area (Å²) in [4.78, 5) is 24.1. The van der Waals surface area contributed by atoms with Gasteiger partial charge in [-0.25, -0.2) is 0 Å². The topological polar surface area (TPSA) is 84.2 Å². The summed E-state index contributed by atoms with van der Waals surface area (Å²) in [6.45, 7) is 6.18. The number of hydrogen-bond acceptors (Lipinski definition) is 3. The Kier molecular flexibility index (Phi) is 4.05. The van der Waals surface area contributed by atoms with Crippen LogP contribution in [0.3, 0.4) is 0 Å². The molecule has 1 aromatic carbocycles. The third kappa shape index (κ3) is 3.82. The smallest absolute Gasteiger partial charge is 0.251 e. The summed E-state index contributed by atoms with van der Waals surface area (Å²) in [5.41, 5.74) is 6.24. The van der Waals surface area contributed by atoms with Crippen molar-refractivity contribution in [1.29, 1.82) is 0 Å². The number of amides is 2. The van der Waals surface area contributed by atoms with Crippen LogP contribution in [0.5, 0.6) is 0 Å². The van der Waals surface area contributed by atoms with E-state index in [1.54, 1.807) is 24.3 Å². The number of nitrogens with two attached hydrogens (primary N) is 1. The largest absolute Gasteiger partial charge is 0.347 e. The predicted molar refractivity (Wildman–Crippen MR) is 83.0 cm³/mol. The molecule has 0 aromatic heterocycles. The number of hydrogen-bond donors (Lipinski definition) is 3. The highest BCUT2D eigenvalue weighted by molar-refractivity contribution is 5.98. The maximum absolute atomic E-state index is 12.1. The molecule has 1 fully saturated rings. The molecule has 0 unspecified atom stereocenters. The van der Waals surface area contributed by atoms with Gasteiger partial charge in [-0.3, -0.25) is 9.59 Å². The van der Waals surface area contributed by atoms with Crippen molar-refractivity contribution in [2.75, 3.05) is 11.9 Å². The summed E-state index contributed by atoms with van der Waals surface area (Å²) in [7, 11) is 0. The van der Waals surface area contributed by atoms with E-state index in [0.29, 0.717) is 17.8 Å². The normalized spacial score (nSPS) is 16.2. The molecule has 2 rings (SSSR count). The molecule has 2 amide bonds. The molecule has 21 heavy (non-hydrogen) atoms. The Morgan fingerprint density at radius 1 is 1.19 bits per heavy atom. The van der Waals surface area contributed by atoms with Crippen LogP contribution in [0.4, 0.5) is 5.69 Å². The third-order valence-electron chi connectivity index (χ3n) is 3.62. The van der Waals surface area contributed by atoms with Crippen molar-refractivity contribution in [3.63, 3.8) is 0 Å². The van der Waals surface area contributed by atoms with Crippen LogP contribution in [0.1, 0.15) is 44.0 Å². The minimum atomic E-state index is -0.373. The van der Waals surface area contributed by atoms with E-state index < -0.39 is 0 Å². The second-order valence-electron chi connectivity index (χ2n) is 6.72. The van der Waals surface area contributed by atoms with Crippen molar-refractivity contribution in [2.45, 2.75) is 39.2 Å². The molecule has 5 nitrogen and oxygen atoms in total. The number of rotatable bonds is 4. The molecule has 4 N–H and O–H groups in total. The van der Waals surface area contributed by atoms with Crippen LogP contribution in [-0.2, 0) is 4.79 Å². The Morgan fingerprint density at radius 2 is 1.76 bits per heavy atom. The van der Waals surface area contributed by atoms with Crippen molar-refractivity contribution >= 4 is 17.5 Å². The van der Waals surface area contributed by atoms with Crippen molar-refractivity contribution in [3.8, 4) is 0 Å². The summed E-state index contributed by atoms with van der Waals surface area (Å²) in [5, 5.41) is 5.76. The summed E-state index contributed by atoms with van der Waals surface area (Å²) in [6, 6.07) is 6.89. The Hall–Kier alpha value is -1.88. The first-order valence-electron chi connectivity index (χ1n) is 7.20. The van der Waals surface area contributed by atoms with E-state index in [-0.39, 0.29) is 22.8 Å². The van der Waals surface area contributed by atoms with E-state index in [1.807, 2.05) is 20.8 Å². The van der Waals surface area contributed by atoms with Crippen molar-refractivity contribution < 1.29 is 9.59 Å². The molecule has 1 saturated carbocycles. The van der Waals surface area contributed by atoms with Gasteiger partial charge in [0.15, 0.2) is 0 Å². The van der Waals surface area contributed by atoms with Crippen molar-refractivity contribution in [2.24, 2.45) is 11.1 Å². The lowest BCUT2D eigenvalue weighted by molar-refractivity contribution is -0.120. The van der Waals surface area contributed by atoms with E-state index >= 15 is 0 Å². The monoisotopic (exact) mass is 289 g/mol. The maximum Gasteiger partial charge on any atom is 0.251 e. The van der Waals surface area contributed by atoms with Gasteiger partial charge in [-0.2, -0.15) is 0 Å². The molecule has 0 spiro atoms. The van der Waals surface area contributed by atoms with E-state index in [4.69, 9.17) is 5.73 Å². The van der Waals surface area contributed by atoms with Gasteiger partial charge in [0.05, 0.1) is 5.41 Å². The first-order valence-corrected chi connectivity index (χ1v) is 7.20. The second kappa shape index (κ2) is 5.48. The predicted octanol–water partition coefficient (Wildman–Crippen LogP) is 1.89. The fourth-order valence-electron chi connectivity index (χ4n) is 2.06. The van der Waals surface area contributed by atoms with E-state index in [2.05, 4.69) is 10.6 Å². The van der Waals surface area contributed by atoms with E-state index in [0.717, 1.165) is 12.8 Å². The van der Waals surface area contributed by atoms with Crippen LogP contribution in [0.15, 0.2) is 24.3 Å². The second-order valence-corrected chi connectivity index (χ2v) is 6.72. The van der Waals surface area contributed by atoms with E-state index in [1.165, 1.54) is 0 Å². The third-order valence-corrected chi connectivity index (χ3v) is 3.62. The average Bonchev–Trinajstić information content (AvgIpc) is 3.18. The zero-order valence-corrected chi connectivity index (χ0v) is 12.8. The standard InChI is InChI=1S/C16H23N3O2/c1-15(2,3)19-13(20)11-4-6-12(7-5-11)18-14(21)16(10-17)8-9-16/h4-7H,8-10,17H2,1-3H3,(H,18,21)(H,19,20). The molecule has 0 atom stereocenters. The minimum Gasteiger partial charge on any atom is -0.347 e. The number of anilines is 1. The van der Waals surface area contributed by atoms with Gasteiger partial charge >= 0.3 is 0 Å². The molecule has 1 aromatic rings. The highest BCUT2D eigenvalue weighted by Gasteiger charge is 2.48. The summed E-state index contributed by atoms with van der Waals surface area (Å²) >= 11 is 0. The molecule has 5 heteroatoms. The van der Waals surface area contributed by atoms with Gasteiger partial charge in [0.25, 0.3) is 5.91 Å². The van der Waals surface area contributed by atoms with Gasteiger partial charge in [-0.05, 0) is 57.9 Å². The summed E-state index contributed by atoms with van der Waals surface area (Å²) in [6.07, 6.45) is 1.70. The van der Waals surface area contributed by atoms with Gasteiger partial charge in [-0.15, -0.1) is 0 Å². The van der Waals surface area contributed by atoms with Crippen molar-refractivity contribution in [1.82, 2.24) is 5.32 Å². The molecule has 114 valence electrons. The first-order chi connectivity index (χ1) is 9.76. The number of carbonyl (C=O) groups is 2. The minimum absolute atomic E-state index is 0.0307. The van der Waals surface area contributed by atoms with Crippen LogP contribution in [0.2, 0.25) is 0 Å². The Labute approximate surface area is 125 Å². The quantitative estimate of drug-likeness (QED) is 0.791. The molecule has 0 saturated heterocycles.